The summed E-state index contributed by atoms with van der Waals surface area (Å²) < 4.78 is 0. The summed E-state index contributed by atoms with van der Waals surface area (Å²) in [6, 6.07) is -0.236. The number of piperazine rings is 1. The Morgan fingerprint density at radius 2 is 2.00 bits per heavy atom. The molecular weight excluding hydrogens is 332 g/mol. The van der Waals surface area contributed by atoms with Gasteiger partial charge in [-0.25, -0.2) is 14.7 Å². The molecule has 0 radical (unpaired) electrons. The second-order valence-electron chi connectivity index (χ2n) is 7.59. The number of hydrogen-bond acceptors (Lipinski definition) is 6. The van der Waals surface area contributed by atoms with E-state index >= 15 is 0 Å². The van der Waals surface area contributed by atoms with Gasteiger partial charge in [0.2, 0.25) is 0 Å². The van der Waals surface area contributed by atoms with Crippen molar-refractivity contribution in [3.63, 3.8) is 0 Å². The summed E-state index contributed by atoms with van der Waals surface area (Å²) in [6.45, 7) is 5.65. The van der Waals surface area contributed by atoms with Crippen LogP contribution in [0.3, 0.4) is 0 Å². The minimum absolute atomic E-state index is 0.0361. The summed E-state index contributed by atoms with van der Waals surface area (Å²) in [6.07, 6.45) is 9.02. The summed E-state index contributed by atoms with van der Waals surface area (Å²) in [7, 11) is 0. The van der Waals surface area contributed by atoms with E-state index in [1.807, 2.05) is 0 Å². The molecule has 1 aromatic heterocycles. The van der Waals surface area contributed by atoms with Crippen molar-refractivity contribution in [2.24, 2.45) is 5.92 Å². The maximum Gasteiger partial charge on any atom is 0.326 e. The molecule has 4 rings (SSSR count). The number of urea groups is 1. The predicted molar refractivity (Wildman–Crippen MR) is 96.4 cm³/mol. The number of amides is 3. The predicted octanol–water partition coefficient (Wildman–Crippen LogP) is 1.06. The lowest BCUT2D eigenvalue weighted by Crippen LogP contribution is -2.55. The first kappa shape index (κ1) is 17.2. The lowest BCUT2D eigenvalue weighted by atomic mass is 9.73. The van der Waals surface area contributed by atoms with Crippen LogP contribution in [0.4, 0.5) is 10.6 Å². The number of hydrogen-bond donors (Lipinski definition) is 1. The Kier molecular flexibility index (Phi) is 4.52. The first-order valence-corrected chi connectivity index (χ1v) is 9.47. The first-order valence-electron chi connectivity index (χ1n) is 9.47. The lowest BCUT2D eigenvalue weighted by molar-refractivity contribution is -0.135. The van der Waals surface area contributed by atoms with Gasteiger partial charge in [0.1, 0.15) is 11.4 Å². The second-order valence-corrected chi connectivity index (χ2v) is 7.59. The lowest BCUT2D eigenvalue weighted by Gasteiger charge is -2.38. The van der Waals surface area contributed by atoms with Crippen molar-refractivity contribution in [3.8, 4) is 0 Å². The van der Waals surface area contributed by atoms with Gasteiger partial charge in [0, 0.05) is 38.6 Å². The van der Waals surface area contributed by atoms with Gasteiger partial charge < -0.3 is 10.2 Å². The van der Waals surface area contributed by atoms with Crippen LogP contribution in [0.1, 0.15) is 32.6 Å². The average molecular weight is 358 g/mol. The average Bonchev–Trinajstić information content (AvgIpc) is 2.90. The van der Waals surface area contributed by atoms with Gasteiger partial charge in [0.05, 0.1) is 12.9 Å². The number of nitrogens with one attached hydrogen (secondary N) is 1. The van der Waals surface area contributed by atoms with Gasteiger partial charge in [0.15, 0.2) is 0 Å². The number of aromatic nitrogens is 2. The van der Waals surface area contributed by atoms with Crippen LogP contribution in [-0.4, -0.2) is 70.1 Å². The van der Waals surface area contributed by atoms with Crippen LogP contribution in [-0.2, 0) is 4.79 Å². The summed E-state index contributed by atoms with van der Waals surface area (Å²) in [4.78, 5) is 39.8. The fourth-order valence-corrected chi connectivity index (χ4v) is 4.40. The van der Waals surface area contributed by atoms with Crippen LogP contribution in [0.25, 0.3) is 0 Å². The standard InChI is InChI=1S/C18H26N6O2/c1-14-4-2-3-5-18(14)16(25)24(17(26)21-18)13-22-8-10-23(11-9-22)15-12-19-6-7-20-15/h6-7,12,14H,2-5,8-11,13H2,1H3,(H,21,26)/t14-,18+/m0/s1. The van der Waals surface area contributed by atoms with Crippen molar-refractivity contribution in [1.29, 1.82) is 0 Å². The van der Waals surface area contributed by atoms with Gasteiger partial charge in [-0.15, -0.1) is 0 Å². The number of rotatable bonds is 3. The van der Waals surface area contributed by atoms with Gasteiger partial charge in [-0.2, -0.15) is 0 Å². The Bertz CT molecular complexity index is 676. The Hall–Kier alpha value is -2.22. The number of nitrogens with zero attached hydrogens (tertiary/aromatic N) is 5. The minimum Gasteiger partial charge on any atom is -0.353 e. The highest BCUT2D eigenvalue weighted by molar-refractivity contribution is 6.07. The molecule has 2 saturated heterocycles. The molecule has 0 unspecified atom stereocenters. The molecule has 1 aliphatic carbocycles. The largest absolute Gasteiger partial charge is 0.353 e. The highest BCUT2D eigenvalue weighted by Crippen LogP contribution is 2.38. The van der Waals surface area contributed by atoms with Crippen molar-refractivity contribution >= 4 is 17.8 Å². The Morgan fingerprint density at radius 1 is 1.19 bits per heavy atom. The Morgan fingerprint density at radius 3 is 2.69 bits per heavy atom. The zero-order valence-electron chi connectivity index (χ0n) is 15.2. The molecule has 1 N–H and O–H groups in total. The highest BCUT2D eigenvalue weighted by atomic mass is 16.2. The number of carbonyl (C=O) groups is 2. The molecule has 3 aliphatic rings. The number of anilines is 1. The molecule has 3 heterocycles. The van der Waals surface area contributed by atoms with Crippen molar-refractivity contribution in [3.05, 3.63) is 18.6 Å². The smallest absolute Gasteiger partial charge is 0.326 e. The molecule has 26 heavy (non-hydrogen) atoms. The zero-order chi connectivity index (χ0) is 18.1. The monoisotopic (exact) mass is 358 g/mol. The van der Waals surface area contributed by atoms with Crippen LogP contribution >= 0.6 is 0 Å². The molecule has 3 amide bonds. The summed E-state index contributed by atoms with van der Waals surface area (Å²) >= 11 is 0. The number of carbonyl (C=O) groups excluding carboxylic acids is 2. The Balaban J connectivity index is 1.38. The van der Waals surface area contributed by atoms with Gasteiger partial charge in [0.25, 0.3) is 5.91 Å². The minimum atomic E-state index is -0.670. The molecule has 2 atom stereocenters. The molecule has 140 valence electrons. The van der Waals surface area contributed by atoms with E-state index < -0.39 is 5.54 Å². The summed E-state index contributed by atoms with van der Waals surface area (Å²) in [5, 5.41) is 3.03. The molecule has 8 heteroatoms. The molecule has 0 bridgehead atoms. The molecule has 1 spiro atoms. The first-order chi connectivity index (χ1) is 12.6. The maximum atomic E-state index is 13.0. The van der Waals surface area contributed by atoms with Crippen molar-refractivity contribution in [2.75, 3.05) is 37.7 Å². The van der Waals surface area contributed by atoms with E-state index in [2.05, 4.69) is 32.0 Å². The summed E-state index contributed by atoms with van der Waals surface area (Å²) in [5.74, 6) is 1.04. The van der Waals surface area contributed by atoms with E-state index in [0.29, 0.717) is 6.67 Å². The van der Waals surface area contributed by atoms with E-state index in [4.69, 9.17) is 0 Å². The Labute approximate surface area is 153 Å². The molecular formula is C18H26N6O2. The van der Waals surface area contributed by atoms with E-state index in [1.165, 1.54) is 4.90 Å². The highest BCUT2D eigenvalue weighted by Gasteiger charge is 2.55. The van der Waals surface area contributed by atoms with Crippen LogP contribution in [0, 0.1) is 5.92 Å². The van der Waals surface area contributed by atoms with Gasteiger partial charge in [-0.3, -0.25) is 14.7 Å². The van der Waals surface area contributed by atoms with E-state index in [0.717, 1.165) is 57.7 Å². The SMILES string of the molecule is C[C@H]1CCCC[C@@]12NC(=O)N(CN1CCN(c3cnccn3)CC1)C2=O. The van der Waals surface area contributed by atoms with Crippen molar-refractivity contribution in [1.82, 2.24) is 25.1 Å². The van der Waals surface area contributed by atoms with Crippen molar-refractivity contribution < 1.29 is 9.59 Å². The molecule has 1 aromatic rings. The van der Waals surface area contributed by atoms with Gasteiger partial charge >= 0.3 is 6.03 Å². The third kappa shape index (κ3) is 2.92. The van der Waals surface area contributed by atoms with E-state index in [9.17, 15) is 9.59 Å². The zero-order valence-corrected chi connectivity index (χ0v) is 15.2. The number of imide groups is 1. The topological polar surface area (TPSA) is 81.7 Å². The molecule has 1 saturated carbocycles. The normalized spacial score (nSPS) is 30.1. The summed E-state index contributed by atoms with van der Waals surface area (Å²) in [5.41, 5.74) is -0.670. The molecule has 3 fully saturated rings. The molecule has 2 aliphatic heterocycles. The fraction of sp³-hybridized carbons (Fsp3) is 0.667. The molecule has 8 nitrogen and oxygen atoms in total. The third-order valence-electron chi connectivity index (χ3n) is 6.09. The molecule has 0 aromatic carbocycles. The third-order valence-corrected chi connectivity index (χ3v) is 6.09. The van der Waals surface area contributed by atoms with Crippen LogP contribution in [0.15, 0.2) is 18.6 Å². The van der Waals surface area contributed by atoms with Crippen molar-refractivity contribution in [2.45, 2.75) is 38.1 Å². The van der Waals surface area contributed by atoms with Gasteiger partial charge in [-0.1, -0.05) is 19.8 Å². The fourth-order valence-electron chi connectivity index (χ4n) is 4.40. The van der Waals surface area contributed by atoms with E-state index in [1.54, 1.807) is 18.6 Å². The maximum absolute atomic E-state index is 13.0. The van der Waals surface area contributed by atoms with Crippen LogP contribution in [0.5, 0.6) is 0 Å². The van der Waals surface area contributed by atoms with E-state index in [-0.39, 0.29) is 17.9 Å². The van der Waals surface area contributed by atoms with Gasteiger partial charge in [-0.05, 0) is 18.8 Å². The quantitative estimate of drug-likeness (QED) is 0.814. The second kappa shape index (κ2) is 6.83. The van der Waals surface area contributed by atoms with Crippen LogP contribution in [0.2, 0.25) is 0 Å². The van der Waals surface area contributed by atoms with Crippen LogP contribution < -0.4 is 10.2 Å².